The van der Waals surface area contributed by atoms with Crippen LogP contribution in [0.4, 0.5) is 5.95 Å². The van der Waals surface area contributed by atoms with Gasteiger partial charge in [0, 0.05) is 24.1 Å². The molecule has 0 bridgehead atoms. The lowest BCUT2D eigenvalue weighted by Gasteiger charge is -2.10. The molecule has 8 heteroatoms. The fraction of sp³-hybridized carbons (Fsp3) is 0.222. The number of hydrogen-bond donors (Lipinski definition) is 3. The molecule has 1 aromatic carbocycles. The average molecular weight is 356 g/mol. The molecule has 0 aliphatic carbocycles. The van der Waals surface area contributed by atoms with E-state index >= 15 is 0 Å². The fourth-order valence-corrected chi connectivity index (χ4v) is 2.47. The number of para-hydroxylation sites is 1. The van der Waals surface area contributed by atoms with E-state index in [0.717, 1.165) is 28.5 Å². The van der Waals surface area contributed by atoms with Crippen molar-refractivity contribution in [1.82, 2.24) is 14.5 Å². The molecule has 4 N–H and O–H groups in total. The van der Waals surface area contributed by atoms with Crippen molar-refractivity contribution in [1.29, 1.82) is 0 Å². The number of pyridine rings is 1. The Morgan fingerprint density at radius 2 is 1.77 bits per heavy atom. The molecule has 2 heterocycles. The number of carbonyl (C=O) groups is 2. The third kappa shape index (κ3) is 4.56. The van der Waals surface area contributed by atoms with Crippen molar-refractivity contribution in [2.75, 3.05) is 5.73 Å². The summed E-state index contributed by atoms with van der Waals surface area (Å²) in [5.41, 5.74) is 8.96. The maximum Gasteiger partial charge on any atom is 0.328 e. The van der Waals surface area contributed by atoms with Crippen molar-refractivity contribution in [3.05, 3.63) is 42.6 Å². The number of rotatable bonds is 4. The molecule has 0 fully saturated rings. The number of carboxylic acid groups (broad SMARTS) is 2. The topological polar surface area (TPSA) is 131 Å². The number of imidazole rings is 1. The van der Waals surface area contributed by atoms with Gasteiger partial charge in [-0.3, -0.25) is 4.98 Å². The lowest BCUT2D eigenvalue weighted by atomic mass is 10.2. The summed E-state index contributed by atoms with van der Waals surface area (Å²) < 4.78 is 2.09. The lowest BCUT2D eigenvalue weighted by Crippen LogP contribution is -2.08. The van der Waals surface area contributed by atoms with Crippen LogP contribution in [0.3, 0.4) is 0 Å². The van der Waals surface area contributed by atoms with Gasteiger partial charge in [-0.1, -0.05) is 32.0 Å². The van der Waals surface area contributed by atoms with Crippen LogP contribution in [0.15, 0.2) is 42.6 Å². The molecule has 0 aliphatic heterocycles. The number of anilines is 1. The van der Waals surface area contributed by atoms with Crippen LogP contribution in [0, 0.1) is 5.92 Å². The molecule has 0 unspecified atom stereocenters. The third-order valence-corrected chi connectivity index (χ3v) is 3.43. The van der Waals surface area contributed by atoms with E-state index < -0.39 is 11.9 Å². The highest BCUT2D eigenvalue weighted by molar-refractivity contribution is 6.02. The first-order valence-electron chi connectivity index (χ1n) is 7.93. The van der Waals surface area contributed by atoms with Gasteiger partial charge in [0.2, 0.25) is 5.95 Å². The Kier molecular flexibility index (Phi) is 5.90. The van der Waals surface area contributed by atoms with Crippen LogP contribution in [0.1, 0.15) is 13.8 Å². The molecule has 0 radical (unpaired) electrons. The second-order valence-corrected chi connectivity index (χ2v) is 5.99. The van der Waals surface area contributed by atoms with Gasteiger partial charge >= 0.3 is 11.9 Å². The Hall–Kier alpha value is -3.42. The first kappa shape index (κ1) is 18.9. The minimum Gasteiger partial charge on any atom is -0.478 e. The quantitative estimate of drug-likeness (QED) is 0.612. The van der Waals surface area contributed by atoms with Crippen molar-refractivity contribution in [2.24, 2.45) is 5.92 Å². The molecule has 3 rings (SSSR count). The average Bonchev–Trinajstić information content (AvgIpc) is 2.89. The molecule has 3 aromatic rings. The van der Waals surface area contributed by atoms with Gasteiger partial charge in [0.25, 0.3) is 0 Å². The van der Waals surface area contributed by atoms with Gasteiger partial charge in [-0.05, 0) is 12.0 Å². The van der Waals surface area contributed by atoms with E-state index in [4.69, 9.17) is 15.9 Å². The molecule has 0 spiro atoms. The second-order valence-electron chi connectivity index (χ2n) is 5.99. The Morgan fingerprint density at radius 1 is 1.15 bits per heavy atom. The first-order chi connectivity index (χ1) is 12.3. The highest BCUT2D eigenvalue weighted by atomic mass is 16.4. The van der Waals surface area contributed by atoms with Crippen LogP contribution in [-0.4, -0.2) is 36.7 Å². The largest absolute Gasteiger partial charge is 0.478 e. The third-order valence-electron chi connectivity index (χ3n) is 3.43. The highest BCUT2D eigenvalue weighted by Gasteiger charge is 2.12. The lowest BCUT2D eigenvalue weighted by molar-refractivity contribution is -0.134. The molecule has 0 amide bonds. The summed E-state index contributed by atoms with van der Waals surface area (Å²) in [5, 5.41) is 16.7. The molecule has 136 valence electrons. The van der Waals surface area contributed by atoms with E-state index in [1.807, 2.05) is 18.2 Å². The number of carboxylic acids is 2. The van der Waals surface area contributed by atoms with Gasteiger partial charge in [0.1, 0.15) is 5.52 Å². The van der Waals surface area contributed by atoms with E-state index in [9.17, 15) is 9.59 Å². The standard InChI is InChI=1S/C14H16N4.C4H4O4/c1-9(2)8-18-13-10-5-3-4-6-11(10)16-7-12(13)17-14(18)15;5-3(6)1-2-4(7)8/h3-7,9H,8H2,1-2H3,(H2,15,17);1-2H,(H,5,6)(H,7,8). The molecule has 2 aromatic heterocycles. The maximum absolute atomic E-state index is 9.55. The number of nitrogens with two attached hydrogens (primary N) is 1. The summed E-state index contributed by atoms with van der Waals surface area (Å²) >= 11 is 0. The minimum atomic E-state index is -1.26. The zero-order valence-electron chi connectivity index (χ0n) is 14.5. The fourth-order valence-electron chi connectivity index (χ4n) is 2.47. The molecule has 26 heavy (non-hydrogen) atoms. The number of nitrogen functional groups attached to an aromatic ring is 1. The molecule has 0 aliphatic rings. The summed E-state index contributed by atoms with van der Waals surface area (Å²) in [5.74, 6) is -1.42. The van der Waals surface area contributed by atoms with Gasteiger partial charge in [-0.2, -0.15) is 0 Å². The van der Waals surface area contributed by atoms with Crippen LogP contribution < -0.4 is 5.73 Å². The first-order valence-corrected chi connectivity index (χ1v) is 7.93. The van der Waals surface area contributed by atoms with Crippen molar-refractivity contribution in [3.8, 4) is 0 Å². The molecular formula is C18H20N4O4. The molecule has 0 saturated carbocycles. The van der Waals surface area contributed by atoms with Gasteiger partial charge in [-0.15, -0.1) is 0 Å². The number of aromatic nitrogens is 3. The van der Waals surface area contributed by atoms with Crippen LogP contribution in [0.5, 0.6) is 0 Å². The Labute approximate surface area is 149 Å². The Balaban J connectivity index is 0.000000260. The van der Waals surface area contributed by atoms with Gasteiger partial charge in [0.15, 0.2) is 0 Å². The Bertz CT molecular complexity index is 960. The van der Waals surface area contributed by atoms with E-state index in [2.05, 4.69) is 34.4 Å². The van der Waals surface area contributed by atoms with E-state index in [0.29, 0.717) is 24.0 Å². The summed E-state index contributed by atoms with van der Waals surface area (Å²) in [6.07, 6.45) is 2.91. The van der Waals surface area contributed by atoms with Crippen molar-refractivity contribution >= 4 is 39.8 Å². The number of benzene rings is 1. The number of nitrogens with zero attached hydrogens (tertiary/aromatic N) is 3. The van der Waals surface area contributed by atoms with Gasteiger partial charge in [0.05, 0.1) is 17.2 Å². The number of hydrogen-bond acceptors (Lipinski definition) is 5. The molecule has 8 nitrogen and oxygen atoms in total. The van der Waals surface area contributed by atoms with E-state index in [-0.39, 0.29) is 0 Å². The highest BCUT2D eigenvalue weighted by Crippen LogP contribution is 2.26. The van der Waals surface area contributed by atoms with Crippen LogP contribution in [0.2, 0.25) is 0 Å². The normalized spacial score (nSPS) is 11.0. The molecule has 0 saturated heterocycles. The van der Waals surface area contributed by atoms with Crippen LogP contribution in [-0.2, 0) is 16.1 Å². The van der Waals surface area contributed by atoms with E-state index in [1.165, 1.54) is 0 Å². The van der Waals surface area contributed by atoms with Crippen molar-refractivity contribution < 1.29 is 19.8 Å². The number of aliphatic carboxylic acids is 2. The van der Waals surface area contributed by atoms with Crippen LogP contribution in [0.25, 0.3) is 21.9 Å². The zero-order valence-corrected chi connectivity index (χ0v) is 14.5. The summed E-state index contributed by atoms with van der Waals surface area (Å²) in [7, 11) is 0. The monoisotopic (exact) mass is 356 g/mol. The van der Waals surface area contributed by atoms with Crippen LogP contribution >= 0.6 is 0 Å². The predicted octanol–water partition coefficient (Wildman–Crippen LogP) is 2.53. The maximum atomic E-state index is 9.55. The SMILES string of the molecule is CC(C)Cn1c(N)nc2cnc3ccccc3c21.O=C(O)C=CC(=O)O. The molecule has 0 atom stereocenters. The zero-order chi connectivity index (χ0) is 19.3. The summed E-state index contributed by atoms with van der Waals surface area (Å²) in [4.78, 5) is 27.9. The van der Waals surface area contributed by atoms with Gasteiger partial charge in [-0.25, -0.2) is 14.6 Å². The van der Waals surface area contributed by atoms with Gasteiger partial charge < -0.3 is 20.5 Å². The van der Waals surface area contributed by atoms with E-state index in [1.54, 1.807) is 6.20 Å². The number of fused-ring (bicyclic) bond motifs is 3. The smallest absolute Gasteiger partial charge is 0.328 e. The second kappa shape index (κ2) is 8.11. The molecular weight excluding hydrogens is 336 g/mol. The summed E-state index contributed by atoms with van der Waals surface area (Å²) in [6, 6.07) is 8.10. The van der Waals surface area contributed by atoms with Crippen molar-refractivity contribution in [3.63, 3.8) is 0 Å². The summed E-state index contributed by atoms with van der Waals surface area (Å²) in [6.45, 7) is 5.22. The minimum absolute atomic E-state index is 0.525. The Morgan fingerprint density at radius 3 is 2.35 bits per heavy atom. The van der Waals surface area contributed by atoms with Crippen molar-refractivity contribution in [2.45, 2.75) is 20.4 Å². The predicted molar refractivity (Wildman–Crippen MR) is 98.7 cm³/mol.